The van der Waals surface area contributed by atoms with Gasteiger partial charge in [-0.3, -0.25) is 14.5 Å². The molecule has 160 valence electrons. The van der Waals surface area contributed by atoms with Crippen molar-refractivity contribution < 1.29 is 14.3 Å². The zero-order valence-corrected chi connectivity index (χ0v) is 17.4. The van der Waals surface area contributed by atoms with Crippen molar-refractivity contribution in [3.63, 3.8) is 0 Å². The average molecular weight is 404 g/mol. The molecule has 2 amide bonds. The van der Waals surface area contributed by atoms with Crippen LogP contribution < -0.4 is 5.32 Å². The fourth-order valence-electron chi connectivity index (χ4n) is 4.65. The van der Waals surface area contributed by atoms with Crippen molar-refractivity contribution >= 4 is 11.8 Å². The van der Waals surface area contributed by atoms with Gasteiger partial charge in [-0.05, 0) is 38.5 Å². The number of imidazole rings is 1. The van der Waals surface area contributed by atoms with Gasteiger partial charge in [-0.25, -0.2) is 4.98 Å². The predicted molar refractivity (Wildman–Crippen MR) is 108 cm³/mol. The predicted octanol–water partition coefficient (Wildman–Crippen LogP) is 1.03. The summed E-state index contributed by atoms with van der Waals surface area (Å²) >= 11 is 0. The van der Waals surface area contributed by atoms with Crippen LogP contribution in [0.4, 0.5) is 0 Å². The molecule has 2 aliphatic heterocycles. The van der Waals surface area contributed by atoms with Crippen LogP contribution in [0.25, 0.3) is 0 Å². The van der Waals surface area contributed by atoms with E-state index in [-0.39, 0.29) is 5.91 Å². The summed E-state index contributed by atoms with van der Waals surface area (Å²) in [5.41, 5.74) is 0. The summed E-state index contributed by atoms with van der Waals surface area (Å²) < 4.78 is 7.30. The Balaban J connectivity index is 1.32. The molecule has 8 heteroatoms. The molecule has 0 bridgehead atoms. The Bertz CT molecular complexity index is 703. The molecule has 0 radical (unpaired) electrons. The van der Waals surface area contributed by atoms with E-state index in [9.17, 15) is 9.59 Å². The summed E-state index contributed by atoms with van der Waals surface area (Å²) in [4.78, 5) is 33.5. The first-order chi connectivity index (χ1) is 14.1. The van der Waals surface area contributed by atoms with Crippen LogP contribution in [0.5, 0.6) is 0 Å². The third-order valence-electron chi connectivity index (χ3n) is 6.51. The summed E-state index contributed by atoms with van der Waals surface area (Å²) in [6.07, 6.45) is 9.67. The number of amides is 2. The van der Waals surface area contributed by atoms with Crippen molar-refractivity contribution in [3.8, 4) is 0 Å². The van der Waals surface area contributed by atoms with Crippen molar-refractivity contribution in [3.05, 3.63) is 18.2 Å². The molecule has 8 nitrogen and oxygen atoms in total. The first-order valence-corrected chi connectivity index (χ1v) is 11.0. The lowest BCUT2D eigenvalue weighted by molar-refractivity contribution is -0.134. The average Bonchev–Trinajstić information content (AvgIpc) is 3.52. The topological polar surface area (TPSA) is 79.7 Å². The molecule has 4 rings (SSSR count). The maximum Gasteiger partial charge on any atom is 0.287 e. The normalized spacial score (nSPS) is 21.5. The van der Waals surface area contributed by atoms with Crippen LogP contribution in [0.15, 0.2) is 12.4 Å². The Morgan fingerprint density at radius 1 is 1.14 bits per heavy atom. The van der Waals surface area contributed by atoms with Crippen LogP contribution in [0.3, 0.4) is 0 Å². The first kappa shape index (κ1) is 20.3. The molecule has 1 aliphatic carbocycles. The highest BCUT2D eigenvalue weighted by Crippen LogP contribution is 2.32. The maximum absolute atomic E-state index is 12.4. The Kier molecular flexibility index (Phi) is 6.50. The molecule has 1 aromatic rings. The van der Waals surface area contributed by atoms with Crippen molar-refractivity contribution in [2.45, 2.75) is 50.6 Å². The number of nitrogens with one attached hydrogen (secondary N) is 1. The van der Waals surface area contributed by atoms with E-state index in [2.05, 4.69) is 20.1 Å². The number of likely N-dealkylation sites (tertiary alicyclic amines) is 1. The second-order valence-electron chi connectivity index (χ2n) is 8.53. The lowest BCUT2D eigenvalue weighted by atomic mass is 9.97. The van der Waals surface area contributed by atoms with E-state index in [1.165, 1.54) is 0 Å². The van der Waals surface area contributed by atoms with E-state index >= 15 is 0 Å². The number of aryl methyl sites for hydroxylation is 1. The highest BCUT2D eigenvalue weighted by Gasteiger charge is 2.37. The van der Waals surface area contributed by atoms with Crippen LogP contribution in [0.2, 0.25) is 0 Å². The quantitative estimate of drug-likeness (QED) is 0.736. The van der Waals surface area contributed by atoms with E-state index in [1.807, 2.05) is 7.05 Å². The van der Waals surface area contributed by atoms with E-state index in [1.54, 1.807) is 17.0 Å². The second-order valence-corrected chi connectivity index (χ2v) is 8.53. The Labute approximate surface area is 172 Å². The van der Waals surface area contributed by atoms with Crippen LogP contribution in [0.1, 0.15) is 49.1 Å². The summed E-state index contributed by atoms with van der Waals surface area (Å²) in [7, 11) is 1.83. The summed E-state index contributed by atoms with van der Waals surface area (Å²) in [5, 5.41) is 3.03. The number of carbonyl (C=O) groups is 2. The lowest BCUT2D eigenvalue weighted by Crippen LogP contribution is -2.53. The third-order valence-corrected chi connectivity index (χ3v) is 6.51. The lowest BCUT2D eigenvalue weighted by Gasteiger charge is -2.43. The van der Waals surface area contributed by atoms with Gasteiger partial charge in [-0.15, -0.1) is 0 Å². The summed E-state index contributed by atoms with van der Waals surface area (Å²) in [6.45, 7) is 4.75. The van der Waals surface area contributed by atoms with E-state index in [0.29, 0.717) is 36.3 Å². The van der Waals surface area contributed by atoms with Crippen molar-refractivity contribution in [2.24, 2.45) is 13.0 Å². The molecule has 1 saturated carbocycles. The molecule has 0 spiro atoms. The van der Waals surface area contributed by atoms with Crippen LogP contribution >= 0.6 is 0 Å². The minimum absolute atomic E-state index is 0.130. The number of piperidine rings is 1. The van der Waals surface area contributed by atoms with Gasteiger partial charge in [0.05, 0.1) is 0 Å². The van der Waals surface area contributed by atoms with Gasteiger partial charge >= 0.3 is 0 Å². The largest absolute Gasteiger partial charge is 0.381 e. The van der Waals surface area contributed by atoms with Gasteiger partial charge in [-0.1, -0.05) is 0 Å². The molecule has 1 N–H and O–H groups in total. The Hall–Kier alpha value is -1.93. The number of rotatable bonds is 7. The fourth-order valence-corrected chi connectivity index (χ4v) is 4.65. The van der Waals surface area contributed by atoms with Gasteiger partial charge in [0.15, 0.2) is 5.82 Å². The van der Waals surface area contributed by atoms with Gasteiger partial charge in [0.1, 0.15) is 0 Å². The molecule has 3 aliphatic rings. The molecular formula is C21H33N5O3. The van der Waals surface area contributed by atoms with Crippen molar-refractivity contribution in [1.82, 2.24) is 24.7 Å². The molecule has 3 fully saturated rings. The third kappa shape index (κ3) is 4.98. The van der Waals surface area contributed by atoms with Crippen molar-refractivity contribution in [2.75, 3.05) is 39.4 Å². The first-order valence-electron chi connectivity index (χ1n) is 11.0. The number of ether oxygens (including phenoxy) is 1. The van der Waals surface area contributed by atoms with Gasteiger partial charge in [0.2, 0.25) is 5.91 Å². The minimum atomic E-state index is -0.130. The van der Waals surface area contributed by atoms with Crippen LogP contribution in [-0.4, -0.2) is 82.6 Å². The highest BCUT2D eigenvalue weighted by atomic mass is 16.5. The van der Waals surface area contributed by atoms with Gasteiger partial charge in [0, 0.05) is 76.8 Å². The summed E-state index contributed by atoms with van der Waals surface area (Å²) in [6, 6.07) is 0.955. The number of hydrogen-bond acceptors (Lipinski definition) is 5. The van der Waals surface area contributed by atoms with Gasteiger partial charge < -0.3 is 19.5 Å². The Morgan fingerprint density at radius 3 is 2.45 bits per heavy atom. The van der Waals surface area contributed by atoms with Gasteiger partial charge in [0.25, 0.3) is 5.91 Å². The molecular weight excluding hydrogens is 370 g/mol. The zero-order valence-electron chi connectivity index (χ0n) is 17.4. The highest BCUT2D eigenvalue weighted by molar-refractivity contribution is 5.90. The molecule has 3 heterocycles. The fraction of sp³-hybridized carbons (Fsp3) is 0.762. The molecule has 1 aromatic heterocycles. The summed E-state index contributed by atoms with van der Waals surface area (Å²) in [5.74, 6) is 0.978. The zero-order chi connectivity index (χ0) is 20.2. The standard InChI is InChI=1S/C21H33N5O3/c1-24-12-8-22-19(24)20(27)23-9-13-26(18-6-14-29-15-7-18)17-4-10-25(11-5-17)21(28)16-2-3-16/h8,12,16-18H,2-7,9-11,13-15H2,1H3,(H,23,27). The number of hydrogen-bond donors (Lipinski definition) is 1. The molecule has 0 aromatic carbocycles. The monoisotopic (exact) mass is 403 g/mol. The van der Waals surface area contributed by atoms with E-state index < -0.39 is 0 Å². The van der Waals surface area contributed by atoms with E-state index in [0.717, 1.165) is 71.4 Å². The Morgan fingerprint density at radius 2 is 1.83 bits per heavy atom. The molecule has 2 saturated heterocycles. The minimum Gasteiger partial charge on any atom is -0.381 e. The van der Waals surface area contributed by atoms with Crippen LogP contribution in [-0.2, 0) is 16.6 Å². The van der Waals surface area contributed by atoms with Crippen LogP contribution in [0, 0.1) is 5.92 Å². The SMILES string of the molecule is Cn1ccnc1C(=O)NCCN(C1CCOCC1)C1CCN(C(=O)C2CC2)CC1. The second kappa shape index (κ2) is 9.26. The maximum atomic E-state index is 12.4. The smallest absolute Gasteiger partial charge is 0.287 e. The molecule has 29 heavy (non-hydrogen) atoms. The van der Waals surface area contributed by atoms with Gasteiger partial charge in [-0.2, -0.15) is 0 Å². The number of aromatic nitrogens is 2. The molecule has 0 unspecified atom stereocenters. The molecule has 0 atom stereocenters. The van der Waals surface area contributed by atoms with E-state index in [4.69, 9.17) is 4.74 Å². The number of carbonyl (C=O) groups excluding carboxylic acids is 2. The van der Waals surface area contributed by atoms with Crippen molar-refractivity contribution in [1.29, 1.82) is 0 Å². The number of nitrogens with zero attached hydrogens (tertiary/aromatic N) is 4.